The molecule has 5 heteroatoms. The average molecular weight is 310 g/mol. The third-order valence-electron chi connectivity index (χ3n) is 3.98. The summed E-state index contributed by atoms with van der Waals surface area (Å²) in [5.41, 5.74) is 2.10. The maximum atomic E-state index is 12.5. The number of hydrogen-bond acceptors (Lipinski definition) is 4. The lowest BCUT2D eigenvalue weighted by Gasteiger charge is -2.18. The van der Waals surface area contributed by atoms with Gasteiger partial charge in [0.25, 0.3) is 5.91 Å². The van der Waals surface area contributed by atoms with Crippen LogP contribution in [0.5, 0.6) is 0 Å². The monoisotopic (exact) mass is 310 g/mol. The molecule has 0 radical (unpaired) electrons. The molecule has 0 spiro atoms. The lowest BCUT2D eigenvalue weighted by molar-refractivity contribution is 0.102. The molecule has 1 N–H and O–H groups in total. The standard InChI is InChI=1S/C18H22N4O/c1-13(2)15-12-16(17(23)19-14-8-4-3-5-9-14)21-18(20-15)22-10-6-7-11-22/h3-5,8-9,12-13H,6-7,10-11H2,1-2H3,(H,19,23). The Bertz CT molecular complexity index is 679. The molecule has 0 bridgehead atoms. The molecule has 0 saturated carbocycles. The first kappa shape index (κ1) is 15.5. The Morgan fingerprint density at radius 2 is 1.83 bits per heavy atom. The maximum absolute atomic E-state index is 12.5. The highest BCUT2D eigenvalue weighted by atomic mass is 16.1. The zero-order valence-corrected chi connectivity index (χ0v) is 13.6. The van der Waals surface area contributed by atoms with E-state index in [0.29, 0.717) is 11.6 Å². The van der Waals surface area contributed by atoms with Crippen LogP contribution < -0.4 is 10.2 Å². The van der Waals surface area contributed by atoms with E-state index in [2.05, 4.69) is 34.0 Å². The largest absolute Gasteiger partial charge is 0.341 e. The Hall–Kier alpha value is -2.43. The SMILES string of the molecule is CC(C)c1cc(C(=O)Nc2ccccc2)nc(N2CCCC2)n1. The second-order valence-corrected chi connectivity index (χ2v) is 6.15. The van der Waals surface area contributed by atoms with Crippen molar-refractivity contribution in [3.8, 4) is 0 Å². The Morgan fingerprint density at radius 3 is 2.48 bits per heavy atom. The summed E-state index contributed by atoms with van der Waals surface area (Å²) < 4.78 is 0. The molecule has 3 rings (SSSR count). The molecular formula is C18H22N4O. The summed E-state index contributed by atoms with van der Waals surface area (Å²) in [4.78, 5) is 23.8. The van der Waals surface area contributed by atoms with E-state index in [1.54, 1.807) is 6.07 Å². The first-order valence-electron chi connectivity index (χ1n) is 8.14. The fourth-order valence-electron chi connectivity index (χ4n) is 2.64. The van der Waals surface area contributed by atoms with Crippen LogP contribution in [0.1, 0.15) is 48.8 Å². The number of para-hydroxylation sites is 1. The van der Waals surface area contributed by atoms with E-state index in [4.69, 9.17) is 0 Å². The van der Waals surface area contributed by atoms with Crippen molar-refractivity contribution in [1.82, 2.24) is 9.97 Å². The molecule has 1 aliphatic rings. The van der Waals surface area contributed by atoms with Gasteiger partial charge in [0.1, 0.15) is 5.69 Å². The summed E-state index contributed by atoms with van der Waals surface area (Å²) in [6.07, 6.45) is 2.31. The second-order valence-electron chi connectivity index (χ2n) is 6.15. The molecule has 1 amide bonds. The predicted molar refractivity (Wildman–Crippen MR) is 92.0 cm³/mol. The van der Waals surface area contributed by atoms with E-state index < -0.39 is 0 Å². The molecule has 0 aliphatic carbocycles. The lowest BCUT2D eigenvalue weighted by Crippen LogP contribution is -2.23. The van der Waals surface area contributed by atoms with Crippen molar-refractivity contribution >= 4 is 17.5 Å². The molecule has 0 unspecified atom stereocenters. The number of nitrogens with zero attached hydrogens (tertiary/aromatic N) is 3. The summed E-state index contributed by atoms with van der Waals surface area (Å²) in [6, 6.07) is 11.2. The summed E-state index contributed by atoms with van der Waals surface area (Å²) in [5.74, 6) is 0.732. The van der Waals surface area contributed by atoms with Gasteiger partial charge in [0, 0.05) is 24.5 Å². The molecule has 2 heterocycles. The number of aromatic nitrogens is 2. The topological polar surface area (TPSA) is 58.1 Å². The third-order valence-corrected chi connectivity index (χ3v) is 3.98. The molecule has 1 aromatic heterocycles. The smallest absolute Gasteiger partial charge is 0.274 e. The van der Waals surface area contributed by atoms with Crippen molar-refractivity contribution in [3.05, 3.63) is 47.8 Å². The molecule has 1 saturated heterocycles. The van der Waals surface area contributed by atoms with Crippen LogP contribution in [0.15, 0.2) is 36.4 Å². The average Bonchev–Trinajstić information content (AvgIpc) is 3.10. The first-order chi connectivity index (χ1) is 11.1. The van der Waals surface area contributed by atoms with Crippen LogP contribution in [-0.2, 0) is 0 Å². The fourth-order valence-corrected chi connectivity index (χ4v) is 2.64. The highest BCUT2D eigenvalue weighted by molar-refractivity contribution is 6.03. The Labute approximate surface area is 136 Å². The maximum Gasteiger partial charge on any atom is 0.274 e. The van der Waals surface area contributed by atoms with E-state index in [1.165, 1.54) is 0 Å². The predicted octanol–water partition coefficient (Wildman–Crippen LogP) is 3.45. The van der Waals surface area contributed by atoms with Crippen molar-refractivity contribution < 1.29 is 4.79 Å². The molecule has 120 valence electrons. The van der Waals surface area contributed by atoms with Crippen molar-refractivity contribution in [2.45, 2.75) is 32.6 Å². The van der Waals surface area contributed by atoms with E-state index in [1.807, 2.05) is 30.3 Å². The van der Waals surface area contributed by atoms with Crippen molar-refractivity contribution in [1.29, 1.82) is 0 Å². The van der Waals surface area contributed by atoms with Gasteiger partial charge >= 0.3 is 0 Å². The lowest BCUT2D eigenvalue weighted by atomic mass is 10.1. The zero-order valence-electron chi connectivity index (χ0n) is 13.6. The van der Waals surface area contributed by atoms with Crippen molar-refractivity contribution in [3.63, 3.8) is 0 Å². The second kappa shape index (κ2) is 6.77. The number of rotatable bonds is 4. The first-order valence-corrected chi connectivity index (χ1v) is 8.14. The van der Waals surface area contributed by atoms with Crippen molar-refractivity contribution in [2.24, 2.45) is 0 Å². The number of nitrogens with one attached hydrogen (secondary N) is 1. The van der Waals surface area contributed by atoms with Gasteiger partial charge in [-0.15, -0.1) is 0 Å². The van der Waals surface area contributed by atoms with Crippen LogP contribution in [0, 0.1) is 0 Å². The van der Waals surface area contributed by atoms with Gasteiger partial charge in [0.2, 0.25) is 5.95 Å². The number of anilines is 2. The van der Waals surface area contributed by atoms with Gasteiger partial charge < -0.3 is 10.2 Å². The van der Waals surface area contributed by atoms with E-state index in [9.17, 15) is 4.79 Å². The summed E-state index contributed by atoms with van der Waals surface area (Å²) >= 11 is 0. The van der Waals surface area contributed by atoms with Gasteiger partial charge in [-0.1, -0.05) is 32.0 Å². The molecule has 23 heavy (non-hydrogen) atoms. The molecule has 5 nitrogen and oxygen atoms in total. The Kier molecular flexibility index (Phi) is 4.55. The van der Waals surface area contributed by atoms with Gasteiger partial charge in [-0.2, -0.15) is 0 Å². The minimum Gasteiger partial charge on any atom is -0.341 e. The van der Waals surface area contributed by atoms with Crippen LogP contribution in [0.4, 0.5) is 11.6 Å². The number of carbonyl (C=O) groups is 1. The van der Waals surface area contributed by atoms with Gasteiger partial charge in [-0.05, 0) is 37.0 Å². The number of amides is 1. The number of carbonyl (C=O) groups excluding carboxylic acids is 1. The normalized spacial score (nSPS) is 14.3. The van der Waals surface area contributed by atoms with Crippen LogP contribution in [-0.4, -0.2) is 29.0 Å². The quantitative estimate of drug-likeness (QED) is 0.939. The van der Waals surface area contributed by atoms with Gasteiger partial charge in [-0.25, -0.2) is 9.97 Å². The van der Waals surface area contributed by atoms with E-state index in [0.717, 1.165) is 37.3 Å². The third kappa shape index (κ3) is 3.67. The zero-order chi connectivity index (χ0) is 16.2. The molecule has 0 atom stereocenters. The molecule has 2 aromatic rings. The van der Waals surface area contributed by atoms with Gasteiger partial charge in [0.15, 0.2) is 0 Å². The fraction of sp³-hybridized carbons (Fsp3) is 0.389. The molecule has 1 aliphatic heterocycles. The number of benzene rings is 1. The van der Waals surface area contributed by atoms with Crippen molar-refractivity contribution in [2.75, 3.05) is 23.3 Å². The Morgan fingerprint density at radius 1 is 1.13 bits per heavy atom. The van der Waals surface area contributed by atoms with E-state index >= 15 is 0 Å². The summed E-state index contributed by atoms with van der Waals surface area (Å²) in [6.45, 7) is 6.08. The highest BCUT2D eigenvalue weighted by Crippen LogP contribution is 2.21. The van der Waals surface area contributed by atoms with Crippen LogP contribution in [0.3, 0.4) is 0 Å². The number of hydrogen-bond donors (Lipinski definition) is 1. The molecule has 1 aromatic carbocycles. The summed E-state index contributed by atoms with van der Waals surface area (Å²) in [5, 5.41) is 2.89. The van der Waals surface area contributed by atoms with E-state index in [-0.39, 0.29) is 11.8 Å². The minimum absolute atomic E-state index is 0.194. The van der Waals surface area contributed by atoms with Gasteiger partial charge in [-0.3, -0.25) is 4.79 Å². The highest BCUT2D eigenvalue weighted by Gasteiger charge is 2.19. The molecular weight excluding hydrogens is 288 g/mol. The van der Waals surface area contributed by atoms with Gasteiger partial charge in [0.05, 0.1) is 0 Å². The van der Waals surface area contributed by atoms with Crippen LogP contribution in [0.25, 0.3) is 0 Å². The Balaban J connectivity index is 1.89. The summed E-state index contributed by atoms with van der Waals surface area (Å²) in [7, 11) is 0. The minimum atomic E-state index is -0.194. The molecule has 1 fully saturated rings. The van der Waals surface area contributed by atoms with Crippen LogP contribution in [0.2, 0.25) is 0 Å². The van der Waals surface area contributed by atoms with Crippen LogP contribution >= 0.6 is 0 Å².